The van der Waals surface area contributed by atoms with Crippen LogP contribution in [0.15, 0.2) is 29.2 Å². The van der Waals surface area contributed by atoms with E-state index in [2.05, 4.69) is 23.7 Å². The van der Waals surface area contributed by atoms with Gasteiger partial charge in [-0.05, 0) is 42.7 Å². The van der Waals surface area contributed by atoms with Gasteiger partial charge in [0.15, 0.2) is 0 Å². The van der Waals surface area contributed by atoms with Crippen molar-refractivity contribution in [3.05, 3.63) is 29.8 Å². The Kier molecular flexibility index (Phi) is 11.8. The van der Waals surface area contributed by atoms with E-state index in [0.29, 0.717) is 25.9 Å². The highest BCUT2D eigenvalue weighted by Gasteiger charge is 2.53. The fourth-order valence-corrected chi connectivity index (χ4v) is 5.89. The number of esters is 1. The average Bonchev–Trinajstić information content (AvgIpc) is 3.19. The number of nitrogens with zero attached hydrogens (tertiary/aromatic N) is 1. The average molecular weight is 605 g/mol. The molecular weight excluding hydrogens is 565 g/mol. The van der Waals surface area contributed by atoms with E-state index >= 15 is 0 Å². The molecule has 0 bridgehead atoms. The molecule has 0 spiro atoms. The molecule has 0 radical (unpaired) electrons. The first kappa shape index (κ1) is 29.1. The number of halogens is 1. The van der Waals surface area contributed by atoms with Crippen LogP contribution >= 0.6 is 22.6 Å². The van der Waals surface area contributed by atoms with Gasteiger partial charge in [-0.15, -0.1) is 4.65 Å². The molecule has 1 heterocycles. The molecule has 2 rings (SSSR count). The Hall–Kier alpha value is -1.15. The zero-order chi connectivity index (χ0) is 25.2. The fraction of sp³-hybridized carbons (Fsp3) is 0.654. The van der Waals surface area contributed by atoms with E-state index in [1.807, 2.05) is 36.4 Å². The number of likely N-dealkylation sites (tertiary alicyclic amines) is 1. The molecule has 1 aromatic carbocycles. The molecule has 4 atom stereocenters. The SMILES string of the molecule is CCCCC(C)OC(=O)C(CCCC)[N+]1(OS(=O)(=O)c2ccc(C)cc2)CCC(CC#CI)C1. The smallest absolute Gasteiger partial charge is 0.368 e. The number of hydrogen-bond donors (Lipinski definition) is 0. The third kappa shape index (κ3) is 8.21. The van der Waals surface area contributed by atoms with Crippen molar-refractivity contribution >= 4 is 38.7 Å². The van der Waals surface area contributed by atoms with Crippen LogP contribution in [0.25, 0.3) is 0 Å². The van der Waals surface area contributed by atoms with Crippen LogP contribution in [0.3, 0.4) is 0 Å². The van der Waals surface area contributed by atoms with Gasteiger partial charge in [-0.3, -0.25) is 0 Å². The van der Waals surface area contributed by atoms with Crippen LogP contribution in [0.2, 0.25) is 0 Å². The zero-order valence-electron chi connectivity index (χ0n) is 20.9. The Morgan fingerprint density at radius 2 is 1.82 bits per heavy atom. The third-order valence-electron chi connectivity index (χ3n) is 6.45. The Balaban J connectivity index is 2.40. The largest absolute Gasteiger partial charge is 0.458 e. The number of carbonyl (C=O) groups is 1. The molecule has 190 valence electrons. The van der Waals surface area contributed by atoms with Crippen LogP contribution in [-0.2, 0) is 23.9 Å². The van der Waals surface area contributed by atoms with Gasteiger partial charge in [0, 0.05) is 47.8 Å². The van der Waals surface area contributed by atoms with Crippen molar-refractivity contribution in [2.24, 2.45) is 5.92 Å². The van der Waals surface area contributed by atoms with E-state index < -0.39 is 16.2 Å². The van der Waals surface area contributed by atoms with Crippen molar-refractivity contribution in [3.8, 4) is 9.85 Å². The normalized spacial score (nSPS) is 22.0. The van der Waals surface area contributed by atoms with E-state index in [4.69, 9.17) is 9.02 Å². The van der Waals surface area contributed by atoms with Crippen molar-refractivity contribution in [1.29, 1.82) is 0 Å². The lowest BCUT2D eigenvalue weighted by molar-refractivity contribution is -1.08. The highest BCUT2D eigenvalue weighted by atomic mass is 127. The van der Waals surface area contributed by atoms with Crippen LogP contribution in [0.4, 0.5) is 0 Å². The van der Waals surface area contributed by atoms with Gasteiger partial charge in [0.05, 0.1) is 11.0 Å². The number of aryl methyl sites for hydroxylation is 1. The molecule has 1 fully saturated rings. The molecule has 1 aliphatic heterocycles. The molecule has 34 heavy (non-hydrogen) atoms. The van der Waals surface area contributed by atoms with Crippen LogP contribution in [0, 0.1) is 22.7 Å². The summed E-state index contributed by atoms with van der Waals surface area (Å²) in [6.45, 7) is 8.83. The number of hydroxylamine groups is 3. The van der Waals surface area contributed by atoms with Gasteiger partial charge in [0.1, 0.15) is 13.1 Å². The first-order valence-corrected chi connectivity index (χ1v) is 14.8. The molecule has 1 aromatic rings. The summed E-state index contributed by atoms with van der Waals surface area (Å²) in [5.41, 5.74) is 0.965. The Labute approximate surface area is 219 Å². The third-order valence-corrected chi connectivity index (χ3v) is 8.17. The molecule has 8 heteroatoms. The standard InChI is InChI=1S/C26H39INO5S/c1-5-7-10-22(4)32-26(29)25(12-8-6-2)28(19-17-23(20-28)11-9-18-27)33-34(30,31)24-15-13-21(3)14-16-24/h13-16,22-23,25H,5-8,10-12,17,19-20H2,1-4H3/q+1. The summed E-state index contributed by atoms with van der Waals surface area (Å²) in [5.74, 6) is 2.89. The molecule has 0 amide bonds. The van der Waals surface area contributed by atoms with E-state index in [-0.39, 0.29) is 27.5 Å². The van der Waals surface area contributed by atoms with Gasteiger partial charge in [0.2, 0.25) is 6.04 Å². The number of benzene rings is 1. The summed E-state index contributed by atoms with van der Waals surface area (Å²) in [5, 5.41) is 0. The molecule has 0 N–H and O–H groups in total. The van der Waals surface area contributed by atoms with Gasteiger partial charge < -0.3 is 4.74 Å². The van der Waals surface area contributed by atoms with Gasteiger partial charge in [-0.25, -0.2) is 4.79 Å². The quantitative estimate of drug-likeness (QED) is 0.121. The molecule has 0 saturated carbocycles. The molecular formula is C26H39INO5S+. The Morgan fingerprint density at radius 3 is 2.44 bits per heavy atom. The molecule has 1 saturated heterocycles. The molecule has 0 aliphatic carbocycles. The lowest BCUT2D eigenvalue weighted by Gasteiger charge is -2.36. The van der Waals surface area contributed by atoms with Gasteiger partial charge >= 0.3 is 16.1 Å². The zero-order valence-corrected chi connectivity index (χ0v) is 23.9. The minimum atomic E-state index is -4.08. The number of carbonyl (C=O) groups excluding carboxylic acids is 1. The van der Waals surface area contributed by atoms with Crippen LogP contribution in [0.5, 0.6) is 0 Å². The monoisotopic (exact) mass is 604 g/mol. The number of rotatable bonds is 13. The van der Waals surface area contributed by atoms with Crippen LogP contribution < -0.4 is 0 Å². The molecule has 0 aromatic heterocycles. The highest BCUT2D eigenvalue weighted by Crippen LogP contribution is 2.36. The summed E-state index contributed by atoms with van der Waals surface area (Å²) in [6, 6.07) is 5.93. The van der Waals surface area contributed by atoms with Gasteiger partial charge in [-0.2, -0.15) is 8.42 Å². The maximum absolute atomic E-state index is 13.5. The fourth-order valence-electron chi connectivity index (χ4n) is 4.49. The predicted molar refractivity (Wildman–Crippen MR) is 142 cm³/mol. The highest BCUT2D eigenvalue weighted by molar-refractivity contribution is 14.1. The number of hydrogen-bond acceptors (Lipinski definition) is 5. The lowest BCUT2D eigenvalue weighted by Crippen LogP contribution is -2.58. The number of unbranched alkanes of at least 4 members (excludes halogenated alkanes) is 2. The van der Waals surface area contributed by atoms with Crippen molar-refractivity contribution in [2.45, 2.75) is 96.1 Å². The second-order valence-corrected chi connectivity index (χ2v) is 11.4. The van der Waals surface area contributed by atoms with E-state index in [1.54, 1.807) is 24.3 Å². The maximum Gasteiger partial charge on any atom is 0.368 e. The summed E-state index contributed by atoms with van der Waals surface area (Å²) < 4.78 is 41.3. The Morgan fingerprint density at radius 1 is 1.18 bits per heavy atom. The topological polar surface area (TPSA) is 69.7 Å². The number of ether oxygens (including phenoxy) is 1. The minimum absolute atomic E-state index is 0.102. The summed E-state index contributed by atoms with van der Waals surface area (Å²) in [4.78, 5) is 13.6. The lowest BCUT2D eigenvalue weighted by atomic mass is 10.1. The summed E-state index contributed by atoms with van der Waals surface area (Å²) in [7, 11) is -4.08. The van der Waals surface area contributed by atoms with Crippen molar-refractivity contribution < 1.29 is 26.9 Å². The molecule has 4 unspecified atom stereocenters. The Bertz CT molecular complexity index is 954. The molecule has 1 aliphatic rings. The van der Waals surface area contributed by atoms with E-state index in [9.17, 15) is 13.2 Å². The summed E-state index contributed by atoms with van der Waals surface area (Å²) in [6.07, 6.45) is 6.17. The molecule has 6 nitrogen and oxygen atoms in total. The van der Waals surface area contributed by atoms with Crippen molar-refractivity contribution in [3.63, 3.8) is 0 Å². The minimum Gasteiger partial charge on any atom is -0.458 e. The van der Waals surface area contributed by atoms with Crippen LogP contribution in [0.1, 0.15) is 77.7 Å². The van der Waals surface area contributed by atoms with Gasteiger partial charge in [0.25, 0.3) is 0 Å². The van der Waals surface area contributed by atoms with E-state index in [1.165, 1.54) is 0 Å². The van der Waals surface area contributed by atoms with Crippen molar-refractivity contribution in [1.82, 2.24) is 0 Å². The second kappa shape index (κ2) is 13.8. The maximum atomic E-state index is 13.5. The predicted octanol–water partition coefficient (Wildman–Crippen LogP) is 5.92. The van der Waals surface area contributed by atoms with E-state index in [0.717, 1.165) is 44.1 Å². The van der Waals surface area contributed by atoms with Gasteiger partial charge in [-0.1, -0.05) is 61.0 Å². The summed E-state index contributed by atoms with van der Waals surface area (Å²) >= 11 is 2.01. The number of quaternary nitrogens is 1. The van der Waals surface area contributed by atoms with Crippen molar-refractivity contribution in [2.75, 3.05) is 13.1 Å². The van der Waals surface area contributed by atoms with Crippen LogP contribution in [-0.4, -0.2) is 44.3 Å². The second-order valence-electron chi connectivity index (χ2n) is 9.38. The first-order valence-electron chi connectivity index (χ1n) is 12.4. The first-order chi connectivity index (χ1) is 16.2.